The Hall–Kier alpha value is -2.69. The number of rotatable bonds is 44. The van der Waals surface area contributed by atoms with E-state index < -0.39 is 42.0 Å². The van der Waals surface area contributed by atoms with Crippen LogP contribution in [-0.2, 0) is 29.5 Å². The maximum Gasteiger partial charge on any atom is 0.266 e. The minimum atomic E-state index is -4.20. The van der Waals surface area contributed by atoms with Gasteiger partial charge in [-0.15, -0.1) is 0 Å². The highest BCUT2D eigenvalue weighted by atomic mass is 32.2. The SMILES string of the molecule is CCC[C@]12C[C@H]3C(=O)N[C@@H](CO[Si](CC)(CC)C(C)(CC)C(C)(CC)C(C)(CC)C(C)(CC)C(C)(CC)C(C)(CC)C(C)(CC)C(C)(CC)C(C)(CC)C(C)(CC)C(C)(CC)C(C)(CC)C(C)(CC)C(C)(CC)C(C)(CC)C(C)(CC)C(C)(CC)CC)C(=O)N3[C@H]1N(S(=O)(=O)c1ccccc1)c1ccccc12. The Morgan fingerprint density at radius 1 is 0.411 bits per heavy atom. The molecule has 3 heterocycles. The van der Waals surface area contributed by atoms with Crippen LogP contribution in [0.25, 0.3) is 0 Å². The number of benzene rings is 2. The maximum absolute atomic E-state index is 16.0. The Labute approximate surface area is 665 Å². The maximum atomic E-state index is 16.0. The average Bonchev–Trinajstić information content (AvgIpc) is 1.53. The summed E-state index contributed by atoms with van der Waals surface area (Å²) in [5, 5.41) is 2.96. The first-order chi connectivity index (χ1) is 49.5. The molecule has 618 valence electrons. The van der Waals surface area contributed by atoms with Gasteiger partial charge in [0, 0.05) is 5.41 Å². The first-order valence-electron chi connectivity index (χ1n) is 44.9. The number of amides is 2. The molecule has 107 heavy (non-hydrogen) atoms. The van der Waals surface area contributed by atoms with E-state index in [2.05, 4.69) is 268 Å². The van der Waals surface area contributed by atoms with Gasteiger partial charge in [-0.05, 0) is 237 Å². The van der Waals surface area contributed by atoms with Crippen LogP contribution in [0.1, 0.15) is 404 Å². The van der Waals surface area contributed by atoms with E-state index in [4.69, 9.17) is 4.43 Å². The highest BCUT2D eigenvalue weighted by molar-refractivity contribution is 7.93. The second kappa shape index (κ2) is 32.5. The molecule has 5 rings (SSSR count). The lowest BCUT2D eigenvalue weighted by Crippen LogP contribution is -2.72. The Morgan fingerprint density at radius 2 is 0.720 bits per heavy atom. The Bertz CT molecular complexity index is 3440. The van der Waals surface area contributed by atoms with Crippen molar-refractivity contribution < 1.29 is 22.4 Å². The average molecular weight is 1520 g/mol. The number of fused-ring (bicyclic) bond motifs is 5. The molecule has 3 aliphatic rings. The zero-order valence-corrected chi connectivity index (χ0v) is 79.6. The largest absolute Gasteiger partial charge is 0.414 e. The lowest BCUT2D eigenvalue weighted by Gasteiger charge is -2.78. The van der Waals surface area contributed by atoms with Crippen LogP contribution in [0.2, 0.25) is 17.1 Å². The molecule has 2 aromatic carbocycles. The van der Waals surface area contributed by atoms with Gasteiger partial charge in [-0.25, -0.2) is 12.7 Å². The number of nitrogens with one attached hydrogen (secondary N) is 1. The van der Waals surface area contributed by atoms with Crippen molar-refractivity contribution in [2.45, 2.75) is 444 Å². The van der Waals surface area contributed by atoms with Crippen LogP contribution < -0.4 is 9.62 Å². The van der Waals surface area contributed by atoms with Gasteiger partial charge in [0.25, 0.3) is 10.0 Å². The molecule has 10 heteroatoms. The smallest absolute Gasteiger partial charge is 0.266 e. The molecule has 0 spiro atoms. The van der Waals surface area contributed by atoms with Gasteiger partial charge in [0.15, 0.2) is 8.32 Å². The summed E-state index contributed by atoms with van der Waals surface area (Å²) in [7, 11) is -7.23. The molecule has 3 aliphatic heterocycles. The van der Waals surface area contributed by atoms with Crippen molar-refractivity contribution >= 4 is 35.8 Å². The molecule has 0 bridgehead atoms. The fraction of sp³-hybridized carbons (Fsp3) is 0.856. The fourth-order valence-corrected chi connectivity index (χ4v) is 37.6. The number of sulfonamides is 1. The molecule has 2 saturated heterocycles. The van der Waals surface area contributed by atoms with Crippen LogP contribution in [-0.4, -0.2) is 58.3 Å². The van der Waals surface area contributed by atoms with Crippen molar-refractivity contribution in [1.29, 1.82) is 0 Å². The molecule has 8 nitrogen and oxygen atoms in total. The van der Waals surface area contributed by atoms with Crippen molar-refractivity contribution in [3.05, 3.63) is 60.2 Å². The summed E-state index contributed by atoms with van der Waals surface area (Å²) < 4.78 is 40.1. The van der Waals surface area contributed by atoms with Crippen molar-refractivity contribution in [1.82, 2.24) is 10.2 Å². The third kappa shape index (κ3) is 11.8. The third-order valence-corrected chi connectivity index (χ3v) is 49.6. The van der Waals surface area contributed by atoms with Crippen molar-refractivity contribution in [3.8, 4) is 0 Å². The van der Waals surface area contributed by atoms with Crippen LogP contribution in [0, 0.1) is 86.6 Å². The number of para-hydroxylation sites is 1. The predicted octanol–water partition coefficient (Wildman–Crippen LogP) is 28.6. The van der Waals surface area contributed by atoms with E-state index in [-0.39, 0.29) is 115 Å². The summed E-state index contributed by atoms with van der Waals surface area (Å²) in [5.74, 6) is -0.489. The van der Waals surface area contributed by atoms with Gasteiger partial charge in [-0.1, -0.05) is 325 Å². The van der Waals surface area contributed by atoms with Crippen molar-refractivity contribution in [2.24, 2.45) is 86.6 Å². The Kier molecular flexibility index (Phi) is 28.9. The van der Waals surface area contributed by atoms with Crippen molar-refractivity contribution in [3.63, 3.8) is 0 Å². The molecule has 20 atom stereocenters. The molecule has 0 saturated carbocycles. The minimum Gasteiger partial charge on any atom is -0.414 e. The number of carbonyl (C=O) groups is 2. The zero-order valence-electron chi connectivity index (χ0n) is 77.7. The molecule has 2 aromatic rings. The lowest BCUT2D eigenvalue weighted by atomic mass is 9.26. The van der Waals surface area contributed by atoms with E-state index in [1.54, 1.807) is 29.2 Å². The lowest BCUT2D eigenvalue weighted by molar-refractivity contribution is -0.301. The summed E-state index contributed by atoms with van der Waals surface area (Å²) in [4.78, 5) is 33.0. The summed E-state index contributed by atoms with van der Waals surface area (Å²) >= 11 is 0. The third-order valence-electron chi connectivity index (χ3n) is 41.9. The molecule has 0 aliphatic carbocycles. The summed E-state index contributed by atoms with van der Waals surface area (Å²) in [5.41, 5.74) is -0.988. The summed E-state index contributed by atoms with van der Waals surface area (Å²) in [6.45, 7) is 101. The van der Waals surface area contributed by atoms with E-state index in [1.807, 2.05) is 30.3 Å². The van der Waals surface area contributed by atoms with E-state index in [0.717, 1.165) is 120 Å². The van der Waals surface area contributed by atoms with E-state index in [1.165, 1.54) is 23.6 Å². The predicted molar refractivity (Wildman–Crippen MR) is 466 cm³/mol. The standard InChI is InChI=1S/C97H175N3O5SSi/c1-39-69-97-70-76-77(101)98-74(78(102)99(76)79(97)100(75-68-64-63-67-73(75)97)106(103,104)72-65-61-60-62-66-72)71-105-107(58-20,59-21)96(38,57-19)95(37,56-18)94(36,55-17)93(35,54-16)92(34,53-15)91(33,52-14)90(32,51-13)89(31,50-12)88(30,49-11)87(29,48-10)86(28,47-9)85(27,46-8)84(26,45-7)83(25,44-6)82(24,43-5)81(23,42-4)80(22,40-2)41-3/h60-68,74,76,79H,39-59,69-71H2,1-38H3,(H,98,101)/t74-,76-,79-,81?,82?,83?,84?,85?,86?,87?,88?,89?,90?,91?,92?,93?,94?,95?,96?,97+/m0/s1. The van der Waals surface area contributed by atoms with Gasteiger partial charge in [-0.3, -0.25) is 9.59 Å². The number of hydrogen-bond donors (Lipinski definition) is 1. The number of carbonyl (C=O) groups excluding carboxylic acids is 2. The number of nitrogens with zero attached hydrogens (tertiary/aromatic N) is 2. The molecule has 1 N–H and O–H groups in total. The number of piperazine rings is 1. The molecule has 0 radical (unpaired) electrons. The number of anilines is 1. The van der Waals surface area contributed by atoms with Crippen LogP contribution in [0.3, 0.4) is 0 Å². The normalized spacial score (nSPS) is 27.3. The molecule has 0 aromatic heterocycles. The van der Waals surface area contributed by atoms with Crippen LogP contribution in [0.4, 0.5) is 5.69 Å². The van der Waals surface area contributed by atoms with Gasteiger partial charge < -0.3 is 14.6 Å². The van der Waals surface area contributed by atoms with Gasteiger partial charge in [-0.2, -0.15) is 0 Å². The quantitative estimate of drug-likeness (QED) is 0.0667. The highest BCUT2D eigenvalue weighted by Crippen LogP contribution is 2.85. The molecular formula is C97H175N3O5SSi. The minimum absolute atomic E-state index is 0.00972. The highest BCUT2D eigenvalue weighted by Gasteiger charge is 2.78. The monoisotopic (exact) mass is 1520 g/mol. The molecular weight excluding hydrogens is 1350 g/mol. The molecule has 16 unspecified atom stereocenters. The Morgan fingerprint density at radius 3 is 1.02 bits per heavy atom. The Balaban J connectivity index is 1.78. The fourth-order valence-electron chi connectivity index (χ4n) is 30.5. The first kappa shape index (κ1) is 94.9. The van der Waals surface area contributed by atoms with Crippen LogP contribution >= 0.6 is 0 Å². The number of hydrogen-bond acceptors (Lipinski definition) is 5. The molecule has 2 amide bonds. The van der Waals surface area contributed by atoms with Crippen LogP contribution in [0.5, 0.6) is 0 Å². The van der Waals surface area contributed by atoms with Gasteiger partial charge in [0.05, 0.1) is 17.2 Å². The van der Waals surface area contributed by atoms with Gasteiger partial charge >= 0.3 is 0 Å². The van der Waals surface area contributed by atoms with E-state index in [0.29, 0.717) is 18.5 Å². The van der Waals surface area contributed by atoms with E-state index in [9.17, 15) is 0 Å². The molecule has 2 fully saturated rings. The summed E-state index contributed by atoms with van der Waals surface area (Å²) in [6.07, 6.45) is 20.3. The second-order valence-corrected chi connectivity index (χ2v) is 46.3. The second-order valence-electron chi connectivity index (χ2n) is 39.7. The van der Waals surface area contributed by atoms with Crippen LogP contribution in [0.15, 0.2) is 59.5 Å². The van der Waals surface area contributed by atoms with Crippen molar-refractivity contribution in [2.75, 3.05) is 10.9 Å². The summed E-state index contributed by atoms with van der Waals surface area (Å²) in [6, 6.07) is 16.2. The van der Waals surface area contributed by atoms with Gasteiger partial charge in [0.1, 0.15) is 18.2 Å². The van der Waals surface area contributed by atoms with E-state index >= 15 is 18.0 Å². The first-order valence-corrected chi connectivity index (χ1v) is 48.7. The zero-order chi connectivity index (χ0) is 82.5. The van der Waals surface area contributed by atoms with Gasteiger partial charge in [0.2, 0.25) is 11.8 Å². The topological polar surface area (TPSA) is 96.0 Å².